The minimum atomic E-state index is 0.0490. The number of aliphatic hydroxyl groups excluding tert-OH is 1. The molecule has 2 aromatic rings. The van der Waals surface area contributed by atoms with Crippen LogP contribution in [0.1, 0.15) is 23.6 Å². The molecule has 0 fully saturated rings. The van der Waals surface area contributed by atoms with Gasteiger partial charge in [0.2, 0.25) is 0 Å². The van der Waals surface area contributed by atoms with Crippen LogP contribution in [0.25, 0.3) is 0 Å². The van der Waals surface area contributed by atoms with Crippen LogP contribution in [0.15, 0.2) is 42.5 Å². The largest absolute Gasteiger partial charge is 0.490 e. The van der Waals surface area contributed by atoms with Crippen LogP contribution < -0.4 is 14.8 Å². The lowest BCUT2D eigenvalue weighted by atomic mass is 10.1. The first-order valence-corrected chi connectivity index (χ1v) is 9.07. The summed E-state index contributed by atoms with van der Waals surface area (Å²) >= 11 is 0. The van der Waals surface area contributed by atoms with Gasteiger partial charge in [0.15, 0.2) is 11.5 Å². The Bertz CT molecular complexity index is 643. The average Bonchev–Trinajstić information content (AvgIpc) is 2.65. The lowest BCUT2D eigenvalue weighted by molar-refractivity contribution is 0.0937. The molecule has 5 heteroatoms. The van der Waals surface area contributed by atoms with Crippen LogP contribution in [0.2, 0.25) is 0 Å². The van der Waals surface area contributed by atoms with Gasteiger partial charge in [0.1, 0.15) is 6.61 Å². The number of ether oxygens (including phenoxy) is 3. The van der Waals surface area contributed by atoms with Crippen molar-refractivity contribution in [1.82, 2.24) is 5.32 Å². The van der Waals surface area contributed by atoms with Crippen LogP contribution in [0.4, 0.5) is 0 Å². The van der Waals surface area contributed by atoms with E-state index in [-0.39, 0.29) is 6.61 Å². The maximum absolute atomic E-state index is 8.71. The Morgan fingerprint density at radius 2 is 1.81 bits per heavy atom. The molecule has 5 nitrogen and oxygen atoms in total. The molecule has 26 heavy (non-hydrogen) atoms. The van der Waals surface area contributed by atoms with Crippen molar-refractivity contribution in [3.63, 3.8) is 0 Å². The van der Waals surface area contributed by atoms with Crippen molar-refractivity contribution in [2.45, 2.75) is 27.0 Å². The molecule has 0 heterocycles. The van der Waals surface area contributed by atoms with Crippen molar-refractivity contribution in [3.8, 4) is 11.5 Å². The summed E-state index contributed by atoms with van der Waals surface area (Å²) in [7, 11) is 0. The second kappa shape index (κ2) is 11.5. The van der Waals surface area contributed by atoms with Gasteiger partial charge < -0.3 is 24.6 Å². The molecular weight excluding hydrogens is 330 g/mol. The van der Waals surface area contributed by atoms with Crippen LogP contribution in [0.5, 0.6) is 11.5 Å². The van der Waals surface area contributed by atoms with Gasteiger partial charge in [-0.25, -0.2) is 0 Å². The van der Waals surface area contributed by atoms with Crippen LogP contribution in [-0.2, 0) is 17.9 Å². The van der Waals surface area contributed by atoms with E-state index < -0.39 is 0 Å². The molecule has 0 spiro atoms. The van der Waals surface area contributed by atoms with E-state index in [0.717, 1.165) is 22.6 Å². The molecule has 0 aliphatic heterocycles. The lowest BCUT2D eigenvalue weighted by Crippen LogP contribution is -2.20. The van der Waals surface area contributed by atoms with Gasteiger partial charge in [0, 0.05) is 18.7 Å². The Labute approximate surface area is 155 Å². The van der Waals surface area contributed by atoms with Gasteiger partial charge in [0.25, 0.3) is 0 Å². The van der Waals surface area contributed by atoms with Crippen molar-refractivity contribution in [2.75, 3.05) is 33.0 Å². The molecule has 0 aliphatic carbocycles. The highest BCUT2D eigenvalue weighted by Crippen LogP contribution is 2.32. The molecule has 0 saturated heterocycles. The van der Waals surface area contributed by atoms with Crippen molar-refractivity contribution in [2.24, 2.45) is 0 Å². The highest BCUT2D eigenvalue weighted by atomic mass is 16.5. The number of rotatable bonds is 12. The van der Waals surface area contributed by atoms with E-state index in [9.17, 15) is 0 Å². The third-order valence-corrected chi connectivity index (χ3v) is 3.84. The highest BCUT2D eigenvalue weighted by Gasteiger charge is 2.11. The van der Waals surface area contributed by atoms with E-state index in [4.69, 9.17) is 19.3 Å². The number of nitrogens with one attached hydrogen (secondary N) is 1. The van der Waals surface area contributed by atoms with Crippen LogP contribution in [0, 0.1) is 6.92 Å². The molecule has 2 N–H and O–H groups in total. The molecule has 0 unspecified atom stereocenters. The molecule has 0 atom stereocenters. The molecule has 142 valence electrons. The second-order valence-electron chi connectivity index (χ2n) is 5.96. The van der Waals surface area contributed by atoms with Gasteiger partial charge in [-0.05, 0) is 25.5 Å². The summed E-state index contributed by atoms with van der Waals surface area (Å²) in [6.07, 6.45) is 0. The van der Waals surface area contributed by atoms with Gasteiger partial charge in [0.05, 0.1) is 26.4 Å². The van der Waals surface area contributed by atoms with Gasteiger partial charge in [-0.15, -0.1) is 0 Å². The topological polar surface area (TPSA) is 60.0 Å². The fourth-order valence-electron chi connectivity index (χ4n) is 2.51. The van der Waals surface area contributed by atoms with Gasteiger partial charge in [-0.1, -0.05) is 42.0 Å². The minimum absolute atomic E-state index is 0.0490. The van der Waals surface area contributed by atoms with Crippen molar-refractivity contribution >= 4 is 0 Å². The summed E-state index contributed by atoms with van der Waals surface area (Å²) in [4.78, 5) is 0. The summed E-state index contributed by atoms with van der Waals surface area (Å²) in [6, 6.07) is 14.3. The first-order valence-electron chi connectivity index (χ1n) is 9.07. The number of aliphatic hydroxyl groups is 1. The van der Waals surface area contributed by atoms with Crippen LogP contribution in [-0.4, -0.2) is 38.1 Å². The predicted octanol–water partition coefficient (Wildman–Crippen LogP) is 3.07. The number of aryl methyl sites for hydroxylation is 1. The lowest BCUT2D eigenvalue weighted by Gasteiger charge is -2.16. The Hall–Kier alpha value is -2.08. The molecule has 0 radical (unpaired) electrons. The third kappa shape index (κ3) is 6.67. The Morgan fingerprint density at radius 1 is 1.00 bits per heavy atom. The van der Waals surface area contributed by atoms with E-state index in [1.807, 2.05) is 25.1 Å². The molecule has 0 bridgehead atoms. The van der Waals surface area contributed by atoms with E-state index >= 15 is 0 Å². The van der Waals surface area contributed by atoms with Crippen molar-refractivity contribution in [3.05, 3.63) is 59.2 Å². The number of benzene rings is 2. The van der Waals surface area contributed by atoms with Crippen LogP contribution >= 0.6 is 0 Å². The number of para-hydroxylation sites is 1. The van der Waals surface area contributed by atoms with Crippen molar-refractivity contribution in [1.29, 1.82) is 0 Å². The van der Waals surface area contributed by atoms with E-state index in [0.29, 0.717) is 39.5 Å². The SMILES string of the molecule is CCOc1cccc(CNCCOCCO)c1OCc1ccc(C)cc1. The van der Waals surface area contributed by atoms with Gasteiger partial charge >= 0.3 is 0 Å². The fraction of sp³-hybridized carbons (Fsp3) is 0.429. The summed E-state index contributed by atoms with van der Waals surface area (Å²) in [5, 5.41) is 12.0. The summed E-state index contributed by atoms with van der Waals surface area (Å²) in [6.45, 7) is 7.47. The van der Waals surface area contributed by atoms with E-state index in [2.05, 4.69) is 36.5 Å². The maximum atomic E-state index is 8.71. The quantitative estimate of drug-likeness (QED) is 0.571. The molecule has 0 aliphatic rings. The first-order chi connectivity index (χ1) is 12.7. The molecule has 2 rings (SSSR count). The summed E-state index contributed by atoms with van der Waals surface area (Å²) < 4.78 is 17.1. The normalized spacial score (nSPS) is 10.7. The van der Waals surface area contributed by atoms with E-state index in [1.165, 1.54) is 5.56 Å². The zero-order valence-electron chi connectivity index (χ0n) is 15.7. The fourth-order valence-corrected chi connectivity index (χ4v) is 2.51. The number of hydrogen-bond acceptors (Lipinski definition) is 5. The summed E-state index contributed by atoms with van der Waals surface area (Å²) in [5.41, 5.74) is 3.40. The smallest absolute Gasteiger partial charge is 0.166 e. The predicted molar refractivity (Wildman–Crippen MR) is 103 cm³/mol. The number of hydrogen-bond donors (Lipinski definition) is 2. The zero-order valence-corrected chi connectivity index (χ0v) is 15.7. The Balaban J connectivity index is 1.99. The Morgan fingerprint density at radius 3 is 2.54 bits per heavy atom. The van der Waals surface area contributed by atoms with Crippen molar-refractivity contribution < 1.29 is 19.3 Å². The minimum Gasteiger partial charge on any atom is -0.490 e. The molecule has 0 amide bonds. The molecule has 0 aromatic heterocycles. The zero-order chi connectivity index (χ0) is 18.6. The summed E-state index contributed by atoms with van der Waals surface area (Å²) in [5.74, 6) is 1.54. The highest BCUT2D eigenvalue weighted by molar-refractivity contribution is 5.46. The average molecular weight is 359 g/mol. The van der Waals surface area contributed by atoms with Gasteiger partial charge in [-0.3, -0.25) is 0 Å². The molecular formula is C21H29NO4. The van der Waals surface area contributed by atoms with Gasteiger partial charge in [-0.2, -0.15) is 0 Å². The third-order valence-electron chi connectivity index (χ3n) is 3.84. The van der Waals surface area contributed by atoms with Crippen LogP contribution in [0.3, 0.4) is 0 Å². The molecule has 2 aromatic carbocycles. The second-order valence-corrected chi connectivity index (χ2v) is 5.96. The standard InChI is InChI=1S/C21H29NO4/c1-3-25-20-6-4-5-19(15-22-11-13-24-14-12-23)21(20)26-16-18-9-7-17(2)8-10-18/h4-10,22-23H,3,11-16H2,1-2H3. The maximum Gasteiger partial charge on any atom is 0.166 e. The van der Waals surface area contributed by atoms with E-state index in [1.54, 1.807) is 0 Å². The monoisotopic (exact) mass is 359 g/mol. The molecule has 0 saturated carbocycles. The first kappa shape index (κ1) is 20.2. The Kier molecular flexibility index (Phi) is 8.96.